The van der Waals surface area contributed by atoms with Crippen molar-refractivity contribution in [3.63, 3.8) is 0 Å². The molecule has 0 radical (unpaired) electrons. The van der Waals surface area contributed by atoms with Gasteiger partial charge in [0.15, 0.2) is 5.65 Å². The van der Waals surface area contributed by atoms with E-state index in [0.29, 0.717) is 23.5 Å². The van der Waals surface area contributed by atoms with Crippen molar-refractivity contribution in [3.05, 3.63) is 24.3 Å². The fourth-order valence-corrected chi connectivity index (χ4v) is 2.98. The Kier molecular flexibility index (Phi) is 6.49. The maximum absolute atomic E-state index is 12.6. The Morgan fingerprint density at radius 3 is 2.65 bits per heavy atom. The maximum Gasteiger partial charge on any atom is 0.228 e. The monoisotopic (exact) mass is 377 g/mol. The van der Waals surface area contributed by atoms with Crippen LogP contribution in [0.25, 0.3) is 11.0 Å². The molecule has 0 spiro atoms. The molecule has 0 bridgehead atoms. The van der Waals surface area contributed by atoms with E-state index in [1.165, 1.54) is 19.5 Å². The molecule has 0 unspecified atom stereocenters. The third kappa shape index (κ3) is 5.12. The standard InChI is InChI=1S/C17H27N5O3Si/c1-21(2)8-7-13(23)15-14-16(18-11-19-17(14)24-3)22(20-15)12-25-9-10-26(4,5)6/h7-8,11H,9-10,12H2,1-6H3/b8-7+. The maximum atomic E-state index is 12.6. The molecule has 0 aromatic carbocycles. The number of carbonyl (C=O) groups excluding carboxylic acids is 1. The van der Waals surface area contributed by atoms with Crippen LogP contribution >= 0.6 is 0 Å². The predicted molar refractivity (Wildman–Crippen MR) is 103 cm³/mol. The molecule has 0 N–H and O–H groups in total. The third-order valence-corrected chi connectivity index (χ3v) is 5.36. The van der Waals surface area contributed by atoms with E-state index >= 15 is 0 Å². The molecule has 0 fully saturated rings. The second-order valence-corrected chi connectivity index (χ2v) is 13.0. The van der Waals surface area contributed by atoms with Crippen LogP contribution in [0.2, 0.25) is 25.7 Å². The number of hydrogen-bond acceptors (Lipinski definition) is 7. The number of nitrogens with zero attached hydrogens (tertiary/aromatic N) is 5. The number of aromatic nitrogens is 4. The first-order valence-electron chi connectivity index (χ1n) is 8.45. The quantitative estimate of drug-likeness (QED) is 0.287. The van der Waals surface area contributed by atoms with Crippen LogP contribution in [-0.2, 0) is 11.5 Å². The van der Waals surface area contributed by atoms with Crippen molar-refractivity contribution in [1.29, 1.82) is 0 Å². The molecular formula is C17H27N5O3Si. The Bertz CT molecular complexity index is 796. The van der Waals surface area contributed by atoms with Gasteiger partial charge in [0, 0.05) is 41.1 Å². The van der Waals surface area contributed by atoms with Crippen LogP contribution in [0.3, 0.4) is 0 Å². The number of hydrogen-bond donors (Lipinski definition) is 0. The fourth-order valence-electron chi connectivity index (χ4n) is 2.22. The molecule has 0 aliphatic heterocycles. The molecule has 0 saturated heterocycles. The van der Waals surface area contributed by atoms with Crippen molar-refractivity contribution in [3.8, 4) is 5.88 Å². The Morgan fingerprint density at radius 2 is 2.04 bits per heavy atom. The lowest BCUT2D eigenvalue weighted by molar-refractivity contribution is 0.0806. The van der Waals surface area contributed by atoms with Gasteiger partial charge in [0.05, 0.1) is 7.11 Å². The van der Waals surface area contributed by atoms with Gasteiger partial charge in [0.2, 0.25) is 11.7 Å². The lowest BCUT2D eigenvalue weighted by atomic mass is 10.2. The van der Waals surface area contributed by atoms with Crippen LogP contribution in [0.4, 0.5) is 0 Å². The molecule has 0 amide bonds. The first-order valence-corrected chi connectivity index (χ1v) is 12.2. The molecule has 2 aromatic heterocycles. The van der Waals surface area contributed by atoms with E-state index < -0.39 is 8.07 Å². The summed E-state index contributed by atoms with van der Waals surface area (Å²) >= 11 is 0. The summed E-state index contributed by atoms with van der Waals surface area (Å²) in [6.07, 6.45) is 4.53. The van der Waals surface area contributed by atoms with Gasteiger partial charge in [0.1, 0.15) is 24.1 Å². The molecule has 2 aromatic rings. The summed E-state index contributed by atoms with van der Waals surface area (Å²) in [6.45, 7) is 7.78. The summed E-state index contributed by atoms with van der Waals surface area (Å²) in [5, 5.41) is 4.91. The number of ketones is 1. The minimum atomic E-state index is -1.17. The smallest absolute Gasteiger partial charge is 0.228 e. The average molecular weight is 378 g/mol. The minimum absolute atomic E-state index is 0.228. The highest BCUT2D eigenvalue weighted by Gasteiger charge is 2.21. The second kappa shape index (κ2) is 8.41. The molecule has 0 saturated carbocycles. The zero-order valence-electron chi connectivity index (χ0n) is 16.3. The van der Waals surface area contributed by atoms with Crippen LogP contribution < -0.4 is 4.74 Å². The molecule has 9 heteroatoms. The predicted octanol–water partition coefficient (Wildman–Crippen LogP) is 2.41. The Balaban J connectivity index is 2.32. The molecule has 0 aliphatic carbocycles. The van der Waals surface area contributed by atoms with Crippen molar-refractivity contribution in [1.82, 2.24) is 24.6 Å². The van der Waals surface area contributed by atoms with Crippen LogP contribution in [0, 0.1) is 0 Å². The molecule has 26 heavy (non-hydrogen) atoms. The Morgan fingerprint density at radius 1 is 1.31 bits per heavy atom. The van der Waals surface area contributed by atoms with Crippen molar-refractivity contribution in [2.45, 2.75) is 32.4 Å². The summed E-state index contributed by atoms with van der Waals surface area (Å²) in [4.78, 5) is 22.7. The number of allylic oxidation sites excluding steroid dienone is 1. The van der Waals surface area contributed by atoms with Gasteiger partial charge in [-0.2, -0.15) is 5.10 Å². The molecule has 0 aliphatic rings. The lowest BCUT2D eigenvalue weighted by Gasteiger charge is -2.15. The van der Waals surface area contributed by atoms with Gasteiger partial charge in [0.25, 0.3) is 0 Å². The van der Waals surface area contributed by atoms with E-state index in [-0.39, 0.29) is 18.2 Å². The number of methoxy groups -OCH3 is 1. The van der Waals surface area contributed by atoms with E-state index in [9.17, 15) is 4.79 Å². The highest BCUT2D eigenvalue weighted by atomic mass is 28.3. The van der Waals surface area contributed by atoms with E-state index in [1.54, 1.807) is 15.8 Å². The van der Waals surface area contributed by atoms with E-state index in [4.69, 9.17) is 9.47 Å². The van der Waals surface area contributed by atoms with E-state index in [0.717, 1.165) is 6.04 Å². The number of rotatable bonds is 9. The van der Waals surface area contributed by atoms with Crippen molar-refractivity contribution in [2.75, 3.05) is 27.8 Å². The van der Waals surface area contributed by atoms with Crippen molar-refractivity contribution < 1.29 is 14.3 Å². The van der Waals surface area contributed by atoms with Crippen LogP contribution in [0.15, 0.2) is 18.6 Å². The average Bonchev–Trinajstić information content (AvgIpc) is 2.94. The number of ether oxygens (including phenoxy) is 2. The van der Waals surface area contributed by atoms with Gasteiger partial charge in [-0.3, -0.25) is 4.79 Å². The summed E-state index contributed by atoms with van der Waals surface area (Å²) in [6, 6.07) is 1.06. The molecule has 2 rings (SSSR count). The third-order valence-electron chi connectivity index (χ3n) is 3.66. The normalized spacial score (nSPS) is 12.1. The highest BCUT2D eigenvalue weighted by Crippen LogP contribution is 2.25. The van der Waals surface area contributed by atoms with Gasteiger partial charge in [-0.25, -0.2) is 14.6 Å². The van der Waals surface area contributed by atoms with E-state index in [1.807, 2.05) is 14.1 Å². The first kappa shape index (κ1) is 20.1. The largest absolute Gasteiger partial charge is 0.480 e. The first-order chi connectivity index (χ1) is 12.2. The van der Waals surface area contributed by atoms with Gasteiger partial charge in [-0.05, 0) is 6.04 Å². The second-order valence-electron chi connectivity index (χ2n) is 7.42. The van der Waals surface area contributed by atoms with Gasteiger partial charge >= 0.3 is 0 Å². The summed E-state index contributed by atoms with van der Waals surface area (Å²) in [5.74, 6) is 0.0857. The van der Waals surface area contributed by atoms with Gasteiger partial charge in [-0.1, -0.05) is 19.6 Å². The van der Waals surface area contributed by atoms with E-state index in [2.05, 4.69) is 34.7 Å². The zero-order chi connectivity index (χ0) is 19.3. The Labute approximate surface area is 154 Å². The van der Waals surface area contributed by atoms with Crippen molar-refractivity contribution in [2.24, 2.45) is 0 Å². The molecule has 8 nitrogen and oxygen atoms in total. The Hall–Kier alpha value is -2.26. The zero-order valence-corrected chi connectivity index (χ0v) is 17.3. The summed E-state index contributed by atoms with van der Waals surface area (Å²) < 4.78 is 12.6. The molecular weight excluding hydrogens is 350 g/mol. The molecule has 142 valence electrons. The number of fused-ring (bicyclic) bond motifs is 1. The van der Waals surface area contributed by atoms with Gasteiger partial charge in [-0.15, -0.1) is 0 Å². The fraction of sp³-hybridized carbons (Fsp3) is 0.529. The van der Waals surface area contributed by atoms with Crippen LogP contribution in [0.1, 0.15) is 10.5 Å². The minimum Gasteiger partial charge on any atom is -0.480 e. The van der Waals surface area contributed by atoms with Gasteiger partial charge < -0.3 is 14.4 Å². The van der Waals surface area contributed by atoms with Crippen LogP contribution in [0.5, 0.6) is 5.88 Å². The topological polar surface area (TPSA) is 82.4 Å². The SMILES string of the molecule is COc1ncnc2c1c(C(=O)/C=C/N(C)C)nn2COCC[Si](C)(C)C. The van der Waals surface area contributed by atoms with Crippen LogP contribution in [-0.4, -0.2) is 66.3 Å². The highest BCUT2D eigenvalue weighted by molar-refractivity contribution is 6.76. The van der Waals surface area contributed by atoms with Crippen molar-refractivity contribution >= 4 is 24.9 Å². The molecule has 2 heterocycles. The lowest BCUT2D eigenvalue weighted by Crippen LogP contribution is -2.22. The summed E-state index contributed by atoms with van der Waals surface area (Å²) in [7, 11) is 4.03. The summed E-state index contributed by atoms with van der Waals surface area (Å²) in [5.41, 5.74) is 0.774. The molecule has 0 atom stereocenters. The number of carbonyl (C=O) groups is 1.